The summed E-state index contributed by atoms with van der Waals surface area (Å²) in [6, 6.07) is 2.45. The third-order valence-corrected chi connectivity index (χ3v) is 4.53. The molecule has 0 aliphatic heterocycles. The van der Waals surface area contributed by atoms with Crippen LogP contribution in [0.1, 0.15) is 23.2 Å². The zero-order valence-corrected chi connectivity index (χ0v) is 14.1. The second kappa shape index (κ2) is 8.14. The Hall–Kier alpha value is -1.84. The molecule has 23 heavy (non-hydrogen) atoms. The summed E-state index contributed by atoms with van der Waals surface area (Å²) in [5.41, 5.74) is -0.0200. The Labute approximate surface area is 138 Å². The Balaban J connectivity index is 3.17. The number of nitrogens with one attached hydrogen (secondary N) is 2. The number of rotatable bonds is 8. The molecule has 1 aromatic rings. The van der Waals surface area contributed by atoms with Gasteiger partial charge >= 0.3 is 5.97 Å². The average molecular weight is 365 g/mol. The molecule has 0 saturated heterocycles. The monoisotopic (exact) mass is 364 g/mol. The van der Waals surface area contributed by atoms with Crippen LogP contribution in [-0.2, 0) is 14.8 Å². The molecule has 1 rings (SSSR count). The van der Waals surface area contributed by atoms with Crippen molar-refractivity contribution in [1.82, 2.24) is 10.0 Å². The average Bonchev–Trinajstić information content (AvgIpc) is 2.49. The van der Waals surface area contributed by atoms with Crippen LogP contribution in [-0.4, -0.2) is 46.1 Å². The summed E-state index contributed by atoms with van der Waals surface area (Å²) in [7, 11) is -1.39. The third kappa shape index (κ3) is 5.08. The highest BCUT2D eigenvalue weighted by Crippen LogP contribution is 2.31. The van der Waals surface area contributed by atoms with E-state index in [2.05, 4.69) is 10.0 Å². The Kier molecular flexibility index (Phi) is 6.79. The fourth-order valence-electron chi connectivity index (χ4n) is 1.81. The number of hydrogen-bond acceptors (Lipinski definition) is 5. The molecule has 0 unspecified atom stereocenters. The van der Waals surface area contributed by atoms with Gasteiger partial charge in [0.25, 0.3) is 5.91 Å². The Morgan fingerprint density at radius 1 is 1.35 bits per heavy atom. The van der Waals surface area contributed by atoms with Gasteiger partial charge in [0.15, 0.2) is 5.75 Å². The molecule has 0 spiro atoms. The molecule has 10 heteroatoms. The van der Waals surface area contributed by atoms with Gasteiger partial charge in [-0.1, -0.05) is 11.6 Å². The van der Waals surface area contributed by atoms with Gasteiger partial charge in [-0.05, 0) is 18.6 Å². The highest BCUT2D eigenvalue weighted by atomic mass is 35.5. The van der Waals surface area contributed by atoms with Gasteiger partial charge in [-0.3, -0.25) is 9.59 Å². The molecule has 3 N–H and O–H groups in total. The van der Waals surface area contributed by atoms with E-state index in [9.17, 15) is 18.0 Å². The van der Waals surface area contributed by atoms with Gasteiger partial charge in [-0.15, -0.1) is 0 Å². The fourth-order valence-corrected chi connectivity index (χ4v) is 3.38. The van der Waals surface area contributed by atoms with E-state index in [0.717, 1.165) is 6.07 Å². The van der Waals surface area contributed by atoms with Crippen LogP contribution in [0.2, 0.25) is 5.02 Å². The molecular formula is C13H17ClN2O6S. The number of amides is 1. The van der Waals surface area contributed by atoms with E-state index in [4.69, 9.17) is 21.4 Å². The molecule has 0 fully saturated rings. The molecule has 1 amide bonds. The zero-order chi connectivity index (χ0) is 17.6. The van der Waals surface area contributed by atoms with Crippen molar-refractivity contribution in [2.75, 3.05) is 20.7 Å². The summed E-state index contributed by atoms with van der Waals surface area (Å²) in [5, 5.41) is 11.0. The van der Waals surface area contributed by atoms with E-state index in [1.807, 2.05) is 0 Å². The van der Waals surface area contributed by atoms with Gasteiger partial charge in [-0.2, -0.15) is 0 Å². The molecule has 0 bridgehead atoms. The minimum atomic E-state index is -4.02. The number of sulfonamides is 1. The molecular weight excluding hydrogens is 348 g/mol. The number of benzene rings is 1. The summed E-state index contributed by atoms with van der Waals surface area (Å²) in [5.74, 6) is -1.71. The molecule has 0 radical (unpaired) electrons. The van der Waals surface area contributed by atoms with Crippen LogP contribution >= 0.6 is 11.6 Å². The summed E-state index contributed by atoms with van der Waals surface area (Å²) in [6.45, 7) is -0.0698. The lowest BCUT2D eigenvalue weighted by Crippen LogP contribution is -2.27. The maximum absolute atomic E-state index is 12.3. The van der Waals surface area contributed by atoms with Gasteiger partial charge in [0.2, 0.25) is 10.0 Å². The van der Waals surface area contributed by atoms with Gasteiger partial charge in [-0.25, -0.2) is 13.1 Å². The molecule has 0 saturated carbocycles. The fraction of sp³-hybridized carbons (Fsp3) is 0.385. The number of carboxylic acid groups (broad SMARTS) is 1. The quantitative estimate of drug-likeness (QED) is 0.588. The number of hydrogen-bond donors (Lipinski definition) is 3. The van der Waals surface area contributed by atoms with Crippen molar-refractivity contribution in [2.45, 2.75) is 17.7 Å². The van der Waals surface area contributed by atoms with Gasteiger partial charge in [0.05, 0.1) is 12.7 Å². The largest absolute Gasteiger partial charge is 0.494 e. The maximum atomic E-state index is 12.3. The lowest BCUT2D eigenvalue weighted by molar-refractivity contribution is -0.137. The van der Waals surface area contributed by atoms with E-state index in [1.165, 1.54) is 20.2 Å². The third-order valence-electron chi connectivity index (χ3n) is 2.84. The second-order valence-electron chi connectivity index (χ2n) is 4.46. The van der Waals surface area contributed by atoms with Crippen molar-refractivity contribution >= 4 is 33.5 Å². The Morgan fingerprint density at radius 2 is 2.00 bits per heavy atom. The number of carbonyl (C=O) groups is 2. The molecule has 0 aliphatic rings. The normalized spacial score (nSPS) is 11.1. The van der Waals surface area contributed by atoms with E-state index in [0.29, 0.717) is 0 Å². The van der Waals surface area contributed by atoms with Crippen LogP contribution in [0.5, 0.6) is 5.75 Å². The molecule has 0 heterocycles. The Bertz CT molecular complexity index is 705. The molecule has 8 nitrogen and oxygen atoms in total. The Morgan fingerprint density at radius 3 is 2.52 bits per heavy atom. The summed E-state index contributed by atoms with van der Waals surface area (Å²) in [6.07, 6.45) is -0.0432. The van der Waals surface area contributed by atoms with Crippen LogP contribution < -0.4 is 14.8 Å². The van der Waals surface area contributed by atoms with Crippen molar-refractivity contribution in [2.24, 2.45) is 0 Å². The molecule has 1 aromatic carbocycles. The summed E-state index contributed by atoms with van der Waals surface area (Å²) >= 11 is 5.88. The second-order valence-corrected chi connectivity index (χ2v) is 6.63. The van der Waals surface area contributed by atoms with E-state index in [-0.39, 0.29) is 40.6 Å². The lowest BCUT2D eigenvalue weighted by atomic mass is 10.2. The topological polar surface area (TPSA) is 122 Å². The standard InChI is InChI=1S/C13H17ClN2O6S/c1-15-13(19)9-6-8(14)7-10(12(9)22-2)23(20,21)16-5-3-4-11(17)18/h6-7,16H,3-5H2,1-2H3,(H,15,19)(H,17,18). The minimum Gasteiger partial charge on any atom is -0.494 e. The highest BCUT2D eigenvalue weighted by molar-refractivity contribution is 7.89. The number of aliphatic carboxylic acids is 1. The first-order valence-electron chi connectivity index (χ1n) is 6.54. The number of methoxy groups -OCH3 is 1. The van der Waals surface area contributed by atoms with E-state index in [1.54, 1.807) is 0 Å². The van der Waals surface area contributed by atoms with Crippen LogP contribution in [0.4, 0.5) is 0 Å². The summed E-state index contributed by atoms with van der Waals surface area (Å²) < 4.78 is 32.0. The predicted molar refractivity (Wildman–Crippen MR) is 83.5 cm³/mol. The van der Waals surface area contributed by atoms with Crippen molar-refractivity contribution in [3.8, 4) is 5.75 Å². The first kappa shape index (κ1) is 19.2. The SMILES string of the molecule is CNC(=O)c1cc(Cl)cc(S(=O)(=O)NCCCC(=O)O)c1OC. The van der Waals surface area contributed by atoms with Crippen molar-refractivity contribution in [1.29, 1.82) is 0 Å². The van der Waals surface area contributed by atoms with Crippen LogP contribution in [0, 0.1) is 0 Å². The molecule has 128 valence electrons. The van der Waals surface area contributed by atoms with Gasteiger partial charge in [0.1, 0.15) is 4.90 Å². The van der Waals surface area contributed by atoms with Crippen LogP contribution in [0.15, 0.2) is 17.0 Å². The van der Waals surface area contributed by atoms with Crippen molar-refractivity contribution in [3.05, 3.63) is 22.7 Å². The van der Waals surface area contributed by atoms with Crippen LogP contribution in [0.25, 0.3) is 0 Å². The summed E-state index contributed by atoms with van der Waals surface area (Å²) in [4.78, 5) is 22.0. The van der Waals surface area contributed by atoms with E-state index >= 15 is 0 Å². The number of carbonyl (C=O) groups excluding carboxylic acids is 1. The number of ether oxygens (including phenoxy) is 1. The van der Waals surface area contributed by atoms with Crippen LogP contribution in [0.3, 0.4) is 0 Å². The van der Waals surface area contributed by atoms with Crippen molar-refractivity contribution in [3.63, 3.8) is 0 Å². The smallest absolute Gasteiger partial charge is 0.303 e. The first-order chi connectivity index (χ1) is 10.7. The zero-order valence-electron chi connectivity index (χ0n) is 12.6. The van der Waals surface area contributed by atoms with Gasteiger partial charge in [0, 0.05) is 25.0 Å². The number of carboxylic acids is 1. The molecule has 0 aromatic heterocycles. The van der Waals surface area contributed by atoms with Gasteiger partial charge < -0.3 is 15.2 Å². The first-order valence-corrected chi connectivity index (χ1v) is 8.40. The van der Waals surface area contributed by atoms with Crippen molar-refractivity contribution < 1.29 is 27.9 Å². The minimum absolute atomic E-state index is 0.0200. The maximum Gasteiger partial charge on any atom is 0.303 e. The molecule has 0 aliphatic carbocycles. The van der Waals surface area contributed by atoms with E-state index < -0.39 is 21.9 Å². The lowest BCUT2D eigenvalue weighted by Gasteiger charge is -2.14. The molecule has 0 atom stereocenters. The predicted octanol–water partition coefficient (Wildman–Crippen LogP) is 0.851. The number of halogens is 1. The highest BCUT2D eigenvalue weighted by Gasteiger charge is 2.25.